The highest BCUT2D eigenvalue weighted by atomic mass is 19.1. The number of benzene rings is 2. The number of carbonyl (C=O) groups is 1. The predicted octanol–water partition coefficient (Wildman–Crippen LogP) is 2.77. The molecule has 0 saturated carbocycles. The summed E-state index contributed by atoms with van der Waals surface area (Å²) in [5, 5.41) is 26.7. The number of phenols is 1. The molecule has 1 atom stereocenters. The minimum atomic E-state index is -0.741. The van der Waals surface area contributed by atoms with Gasteiger partial charge in [-0.3, -0.25) is 9.89 Å². The Morgan fingerprint density at radius 2 is 2.04 bits per heavy atom. The Morgan fingerprint density at radius 1 is 1.26 bits per heavy atom. The fourth-order valence-corrected chi connectivity index (χ4v) is 3.60. The summed E-state index contributed by atoms with van der Waals surface area (Å²) in [6.45, 7) is 1.69. The van der Waals surface area contributed by atoms with E-state index in [9.17, 15) is 19.4 Å². The SMILES string of the molecule is Cc1ccc(O)c(-c2n[nH]c3c2[C@@H](c2ccccc2F)N(CCO)C3=O)c1. The molecule has 4 rings (SSSR count). The van der Waals surface area contributed by atoms with Crippen LogP contribution in [-0.2, 0) is 0 Å². The average molecular weight is 367 g/mol. The smallest absolute Gasteiger partial charge is 0.273 e. The van der Waals surface area contributed by atoms with E-state index in [2.05, 4.69) is 10.2 Å². The Hall–Kier alpha value is -3.19. The zero-order valence-corrected chi connectivity index (χ0v) is 14.6. The van der Waals surface area contributed by atoms with E-state index in [-0.39, 0.29) is 30.5 Å². The van der Waals surface area contributed by atoms with Crippen LogP contribution in [0.2, 0.25) is 0 Å². The number of rotatable bonds is 4. The molecule has 0 spiro atoms. The molecule has 1 aliphatic heterocycles. The maximum atomic E-state index is 14.6. The molecule has 27 heavy (non-hydrogen) atoms. The molecule has 2 aromatic carbocycles. The summed E-state index contributed by atoms with van der Waals surface area (Å²) in [6.07, 6.45) is 0. The minimum Gasteiger partial charge on any atom is -0.507 e. The quantitative estimate of drug-likeness (QED) is 0.661. The van der Waals surface area contributed by atoms with E-state index >= 15 is 0 Å². The van der Waals surface area contributed by atoms with Gasteiger partial charge in [0.25, 0.3) is 5.91 Å². The zero-order chi connectivity index (χ0) is 19.1. The van der Waals surface area contributed by atoms with E-state index in [0.717, 1.165) is 5.56 Å². The first-order chi connectivity index (χ1) is 13.0. The highest BCUT2D eigenvalue weighted by Crippen LogP contribution is 2.44. The number of β-amino-alcohol motifs (C(OH)–C–C–N with tert-alkyl or cyclic N) is 1. The molecule has 0 fully saturated rings. The van der Waals surface area contributed by atoms with Crippen LogP contribution in [-0.4, -0.2) is 44.4 Å². The van der Waals surface area contributed by atoms with Gasteiger partial charge in [-0.25, -0.2) is 4.39 Å². The topological polar surface area (TPSA) is 89.5 Å². The molecule has 1 aromatic heterocycles. The first-order valence-corrected chi connectivity index (χ1v) is 8.57. The van der Waals surface area contributed by atoms with Crippen LogP contribution in [0.3, 0.4) is 0 Å². The lowest BCUT2D eigenvalue weighted by Crippen LogP contribution is -2.32. The second-order valence-corrected chi connectivity index (χ2v) is 6.53. The number of hydrogen-bond acceptors (Lipinski definition) is 4. The van der Waals surface area contributed by atoms with Gasteiger partial charge in [-0.2, -0.15) is 5.10 Å². The molecule has 7 heteroatoms. The van der Waals surface area contributed by atoms with Crippen LogP contribution in [0.1, 0.15) is 33.2 Å². The van der Waals surface area contributed by atoms with Crippen LogP contribution in [0, 0.1) is 12.7 Å². The van der Waals surface area contributed by atoms with E-state index in [1.807, 2.05) is 6.92 Å². The number of aromatic hydroxyl groups is 1. The van der Waals surface area contributed by atoms with Crippen molar-refractivity contribution in [3.8, 4) is 17.0 Å². The van der Waals surface area contributed by atoms with Gasteiger partial charge in [0.2, 0.25) is 0 Å². The fourth-order valence-electron chi connectivity index (χ4n) is 3.60. The summed E-state index contributed by atoms with van der Waals surface area (Å²) in [7, 11) is 0. The third-order valence-electron chi connectivity index (χ3n) is 4.81. The number of hydrogen-bond donors (Lipinski definition) is 3. The Morgan fingerprint density at radius 3 is 2.78 bits per heavy atom. The standard InChI is InChI=1S/C20H18FN3O3/c1-11-6-7-15(26)13(10-11)17-16-18(23-22-17)20(27)24(8-9-25)19(16)12-4-2-3-5-14(12)21/h2-7,10,19,25-26H,8-9H2,1H3,(H,22,23)/t19-/m1/s1. The first kappa shape index (κ1) is 17.2. The van der Waals surface area contributed by atoms with Gasteiger partial charge in [0.05, 0.1) is 12.6 Å². The molecule has 3 N–H and O–H groups in total. The lowest BCUT2D eigenvalue weighted by atomic mass is 9.95. The van der Waals surface area contributed by atoms with Gasteiger partial charge >= 0.3 is 0 Å². The Labute approximate surface area is 154 Å². The molecular weight excluding hydrogens is 349 g/mol. The van der Waals surface area contributed by atoms with Crippen molar-refractivity contribution >= 4 is 5.91 Å². The molecule has 138 valence electrons. The molecule has 0 radical (unpaired) electrons. The Balaban J connectivity index is 1.96. The number of H-pyrrole nitrogens is 1. The highest BCUT2D eigenvalue weighted by Gasteiger charge is 2.43. The largest absolute Gasteiger partial charge is 0.507 e. The summed E-state index contributed by atoms with van der Waals surface area (Å²) in [5.74, 6) is -0.792. The van der Waals surface area contributed by atoms with Gasteiger partial charge in [-0.1, -0.05) is 29.8 Å². The van der Waals surface area contributed by atoms with Crippen LogP contribution in [0.15, 0.2) is 42.5 Å². The van der Waals surface area contributed by atoms with E-state index in [1.54, 1.807) is 36.4 Å². The van der Waals surface area contributed by atoms with Crippen LogP contribution >= 0.6 is 0 Å². The minimum absolute atomic E-state index is 0.0234. The number of fused-ring (bicyclic) bond motifs is 1. The second-order valence-electron chi connectivity index (χ2n) is 6.53. The lowest BCUT2D eigenvalue weighted by Gasteiger charge is -2.26. The van der Waals surface area contributed by atoms with Crippen molar-refractivity contribution in [2.45, 2.75) is 13.0 Å². The number of phenolic OH excluding ortho intramolecular Hbond substituents is 1. The molecule has 6 nitrogen and oxygen atoms in total. The van der Waals surface area contributed by atoms with E-state index in [0.29, 0.717) is 22.4 Å². The predicted molar refractivity (Wildman–Crippen MR) is 96.8 cm³/mol. The highest BCUT2D eigenvalue weighted by molar-refractivity contribution is 6.00. The Bertz CT molecular complexity index is 1030. The maximum absolute atomic E-state index is 14.6. The van der Waals surface area contributed by atoms with E-state index in [4.69, 9.17) is 0 Å². The second kappa shape index (κ2) is 6.51. The molecule has 0 unspecified atom stereocenters. The molecule has 1 amide bonds. The number of carbonyl (C=O) groups excluding carboxylic acids is 1. The number of aliphatic hydroxyl groups excluding tert-OH is 1. The van der Waals surface area contributed by atoms with Gasteiger partial charge < -0.3 is 15.1 Å². The summed E-state index contributed by atoms with van der Waals surface area (Å²) in [6, 6.07) is 10.6. The molecule has 2 heterocycles. The van der Waals surface area contributed by atoms with Crippen LogP contribution in [0.4, 0.5) is 4.39 Å². The molecule has 3 aromatic rings. The Kier molecular flexibility index (Phi) is 4.16. The average Bonchev–Trinajstić information content (AvgIpc) is 3.18. The van der Waals surface area contributed by atoms with Crippen molar-refractivity contribution in [1.29, 1.82) is 0 Å². The van der Waals surface area contributed by atoms with Crippen LogP contribution < -0.4 is 0 Å². The summed E-state index contributed by atoms with van der Waals surface area (Å²) in [4.78, 5) is 14.3. The lowest BCUT2D eigenvalue weighted by molar-refractivity contribution is 0.0704. The maximum Gasteiger partial charge on any atom is 0.273 e. The van der Waals surface area contributed by atoms with Crippen molar-refractivity contribution < 1.29 is 19.4 Å². The van der Waals surface area contributed by atoms with Crippen molar-refractivity contribution in [3.05, 3.63) is 70.7 Å². The van der Waals surface area contributed by atoms with Gasteiger partial charge in [-0.15, -0.1) is 0 Å². The number of aryl methyl sites for hydroxylation is 1. The van der Waals surface area contributed by atoms with Crippen molar-refractivity contribution in [1.82, 2.24) is 15.1 Å². The molecule has 0 bridgehead atoms. The number of aromatic nitrogens is 2. The molecule has 0 saturated heterocycles. The third-order valence-corrected chi connectivity index (χ3v) is 4.81. The summed E-state index contributed by atoms with van der Waals surface area (Å²) < 4.78 is 14.6. The van der Waals surface area contributed by atoms with Gasteiger partial charge in [0.15, 0.2) is 0 Å². The monoisotopic (exact) mass is 367 g/mol. The fraction of sp³-hybridized carbons (Fsp3) is 0.200. The number of halogens is 1. The van der Waals surface area contributed by atoms with Crippen LogP contribution in [0.25, 0.3) is 11.3 Å². The van der Waals surface area contributed by atoms with Crippen molar-refractivity contribution in [3.63, 3.8) is 0 Å². The summed E-state index contributed by atoms with van der Waals surface area (Å²) in [5.41, 5.74) is 2.83. The number of nitrogens with one attached hydrogen (secondary N) is 1. The first-order valence-electron chi connectivity index (χ1n) is 8.57. The third kappa shape index (κ3) is 2.67. The van der Waals surface area contributed by atoms with E-state index in [1.165, 1.54) is 11.0 Å². The van der Waals surface area contributed by atoms with Gasteiger partial charge in [-0.05, 0) is 25.1 Å². The van der Waals surface area contributed by atoms with E-state index < -0.39 is 11.9 Å². The molecule has 0 aliphatic carbocycles. The number of nitrogens with zero attached hydrogens (tertiary/aromatic N) is 2. The zero-order valence-electron chi connectivity index (χ0n) is 14.6. The number of aromatic amines is 1. The van der Waals surface area contributed by atoms with Crippen molar-refractivity contribution in [2.75, 3.05) is 13.2 Å². The molecule has 1 aliphatic rings. The number of amides is 1. The van der Waals surface area contributed by atoms with Gasteiger partial charge in [0.1, 0.15) is 23.0 Å². The number of aliphatic hydroxyl groups is 1. The van der Waals surface area contributed by atoms with Crippen molar-refractivity contribution in [2.24, 2.45) is 0 Å². The summed E-state index contributed by atoms with van der Waals surface area (Å²) >= 11 is 0. The normalized spacial score (nSPS) is 16.0. The molecular formula is C20H18FN3O3. The van der Waals surface area contributed by atoms with Crippen LogP contribution in [0.5, 0.6) is 5.75 Å². The van der Waals surface area contributed by atoms with Gasteiger partial charge in [0, 0.05) is 23.2 Å².